The molecular formula is C12H18N6OS. The van der Waals surface area contributed by atoms with Gasteiger partial charge in [-0.15, -0.1) is 11.3 Å². The number of nitrogen functional groups attached to an aromatic ring is 1. The lowest BCUT2D eigenvalue weighted by atomic mass is 10.1. The number of nitrogens with two attached hydrogens (primary N) is 1. The van der Waals surface area contributed by atoms with Gasteiger partial charge in [-0.1, -0.05) is 6.92 Å². The van der Waals surface area contributed by atoms with Crippen LogP contribution in [0.3, 0.4) is 0 Å². The first-order valence-electron chi connectivity index (χ1n) is 6.45. The van der Waals surface area contributed by atoms with Gasteiger partial charge in [-0.05, 0) is 12.8 Å². The molecule has 2 aromatic heterocycles. The van der Waals surface area contributed by atoms with Crippen molar-refractivity contribution >= 4 is 22.4 Å². The predicted molar refractivity (Wildman–Crippen MR) is 77.0 cm³/mol. The lowest BCUT2D eigenvalue weighted by Crippen LogP contribution is -2.32. The zero-order valence-electron chi connectivity index (χ0n) is 11.3. The maximum Gasteiger partial charge on any atom is 0.224 e. The summed E-state index contributed by atoms with van der Waals surface area (Å²) in [6, 6.07) is 0. The molecule has 2 aromatic rings. The minimum Gasteiger partial charge on any atom is -0.375 e. The number of thiazole rings is 1. The van der Waals surface area contributed by atoms with E-state index in [1.165, 1.54) is 17.7 Å². The van der Waals surface area contributed by atoms with Crippen LogP contribution in [0.4, 0.5) is 5.13 Å². The highest BCUT2D eigenvalue weighted by Gasteiger charge is 2.13. The van der Waals surface area contributed by atoms with Crippen molar-refractivity contribution in [2.24, 2.45) is 5.92 Å². The molecule has 0 spiro atoms. The van der Waals surface area contributed by atoms with Crippen molar-refractivity contribution in [3.8, 4) is 0 Å². The molecule has 0 saturated carbocycles. The minimum absolute atomic E-state index is 0.0262. The third kappa shape index (κ3) is 4.30. The van der Waals surface area contributed by atoms with E-state index in [0.717, 1.165) is 18.5 Å². The topological polar surface area (TPSA) is 98.7 Å². The van der Waals surface area contributed by atoms with Crippen LogP contribution >= 0.6 is 11.3 Å². The zero-order valence-corrected chi connectivity index (χ0v) is 12.1. The van der Waals surface area contributed by atoms with Crippen LogP contribution in [0.1, 0.15) is 19.0 Å². The van der Waals surface area contributed by atoms with Crippen molar-refractivity contribution < 1.29 is 4.79 Å². The summed E-state index contributed by atoms with van der Waals surface area (Å²) in [6.07, 6.45) is 4.75. The van der Waals surface area contributed by atoms with Crippen molar-refractivity contribution in [2.45, 2.75) is 26.3 Å². The Labute approximate surface area is 121 Å². The van der Waals surface area contributed by atoms with Crippen LogP contribution in [0.15, 0.2) is 18.0 Å². The molecular weight excluding hydrogens is 276 g/mol. The molecule has 1 atom stereocenters. The van der Waals surface area contributed by atoms with Crippen molar-refractivity contribution in [3.63, 3.8) is 0 Å². The summed E-state index contributed by atoms with van der Waals surface area (Å²) >= 11 is 1.44. The fourth-order valence-corrected chi connectivity index (χ4v) is 2.38. The largest absolute Gasteiger partial charge is 0.375 e. The standard InChI is InChI=1S/C12H18N6OS/c1-9(5-18-8-14-7-16-18)11(19)15-4-2-3-10-6-20-12(13)17-10/h6-9H,2-5H2,1H3,(H2,13,17)(H,15,19). The predicted octanol–water partition coefficient (Wildman–Crippen LogP) is 0.702. The number of carbonyl (C=O) groups excluding carboxylic acids is 1. The van der Waals surface area contributed by atoms with E-state index in [9.17, 15) is 4.79 Å². The average molecular weight is 294 g/mol. The maximum atomic E-state index is 11.9. The number of aryl methyl sites for hydroxylation is 1. The fourth-order valence-electron chi connectivity index (χ4n) is 1.78. The van der Waals surface area contributed by atoms with Crippen molar-refractivity contribution in [3.05, 3.63) is 23.7 Å². The number of hydrogen-bond donors (Lipinski definition) is 2. The molecule has 20 heavy (non-hydrogen) atoms. The van der Waals surface area contributed by atoms with Crippen molar-refractivity contribution in [2.75, 3.05) is 12.3 Å². The normalized spacial score (nSPS) is 12.2. The lowest BCUT2D eigenvalue weighted by molar-refractivity contribution is -0.124. The summed E-state index contributed by atoms with van der Waals surface area (Å²) in [6.45, 7) is 3.05. The number of amides is 1. The summed E-state index contributed by atoms with van der Waals surface area (Å²) in [4.78, 5) is 19.9. The molecule has 0 aliphatic carbocycles. The Hall–Kier alpha value is -1.96. The highest BCUT2D eigenvalue weighted by Crippen LogP contribution is 2.12. The Balaban J connectivity index is 1.64. The van der Waals surface area contributed by atoms with E-state index in [1.54, 1.807) is 11.0 Å². The molecule has 0 aromatic carbocycles. The van der Waals surface area contributed by atoms with E-state index in [2.05, 4.69) is 20.4 Å². The van der Waals surface area contributed by atoms with Crippen LogP contribution in [0, 0.1) is 5.92 Å². The maximum absolute atomic E-state index is 11.9. The SMILES string of the molecule is CC(Cn1cncn1)C(=O)NCCCc1csc(N)n1. The molecule has 0 radical (unpaired) electrons. The summed E-state index contributed by atoms with van der Waals surface area (Å²) in [5.74, 6) is -0.107. The van der Waals surface area contributed by atoms with E-state index in [1.807, 2.05) is 12.3 Å². The molecule has 0 fully saturated rings. The first-order chi connectivity index (χ1) is 9.65. The molecule has 0 aliphatic heterocycles. The number of nitrogens with zero attached hydrogens (tertiary/aromatic N) is 4. The van der Waals surface area contributed by atoms with Gasteiger partial charge in [0.15, 0.2) is 5.13 Å². The van der Waals surface area contributed by atoms with E-state index < -0.39 is 0 Å². The first-order valence-corrected chi connectivity index (χ1v) is 7.33. The Morgan fingerprint density at radius 2 is 2.45 bits per heavy atom. The van der Waals surface area contributed by atoms with Gasteiger partial charge in [0.05, 0.1) is 18.2 Å². The second-order valence-electron chi connectivity index (χ2n) is 4.59. The average Bonchev–Trinajstić information content (AvgIpc) is 3.06. The van der Waals surface area contributed by atoms with E-state index >= 15 is 0 Å². The van der Waals surface area contributed by atoms with Gasteiger partial charge in [-0.2, -0.15) is 5.10 Å². The lowest BCUT2D eigenvalue weighted by Gasteiger charge is -2.11. The molecule has 0 saturated heterocycles. The monoisotopic (exact) mass is 294 g/mol. The molecule has 108 valence electrons. The Bertz CT molecular complexity index is 538. The Morgan fingerprint density at radius 1 is 1.60 bits per heavy atom. The Kier molecular flexibility index (Phi) is 5.05. The summed E-state index contributed by atoms with van der Waals surface area (Å²) in [7, 11) is 0. The van der Waals surface area contributed by atoms with Crippen LogP contribution in [0.5, 0.6) is 0 Å². The minimum atomic E-state index is -0.133. The number of anilines is 1. The number of nitrogens with one attached hydrogen (secondary N) is 1. The van der Waals surface area contributed by atoms with Gasteiger partial charge in [0.25, 0.3) is 0 Å². The Morgan fingerprint density at radius 3 is 3.10 bits per heavy atom. The molecule has 2 rings (SSSR count). The van der Waals surface area contributed by atoms with E-state index in [0.29, 0.717) is 18.2 Å². The quantitative estimate of drug-likeness (QED) is 0.732. The van der Waals surface area contributed by atoms with Gasteiger partial charge in [-0.25, -0.2) is 9.97 Å². The summed E-state index contributed by atoms with van der Waals surface area (Å²) in [5, 5.41) is 9.44. The highest BCUT2D eigenvalue weighted by molar-refractivity contribution is 7.13. The summed E-state index contributed by atoms with van der Waals surface area (Å²) < 4.78 is 1.66. The molecule has 7 nitrogen and oxygen atoms in total. The van der Waals surface area contributed by atoms with Crippen LogP contribution in [-0.2, 0) is 17.8 Å². The van der Waals surface area contributed by atoms with Gasteiger partial charge in [0.2, 0.25) is 5.91 Å². The molecule has 1 unspecified atom stereocenters. The number of hydrogen-bond acceptors (Lipinski definition) is 6. The van der Waals surface area contributed by atoms with E-state index in [4.69, 9.17) is 5.73 Å². The van der Waals surface area contributed by atoms with Crippen molar-refractivity contribution in [1.29, 1.82) is 0 Å². The molecule has 3 N–H and O–H groups in total. The zero-order chi connectivity index (χ0) is 14.4. The van der Waals surface area contributed by atoms with Gasteiger partial charge < -0.3 is 11.1 Å². The van der Waals surface area contributed by atoms with Crippen LogP contribution in [0.2, 0.25) is 0 Å². The van der Waals surface area contributed by atoms with Crippen LogP contribution < -0.4 is 11.1 Å². The highest BCUT2D eigenvalue weighted by atomic mass is 32.1. The first kappa shape index (κ1) is 14.4. The molecule has 0 bridgehead atoms. The molecule has 2 heterocycles. The van der Waals surface area contributed by atoms with Gasteiger partial charge in [-0.3, -0.25) is 9.48 Å². The van der Waals surface area contributed by atoms with E-state index in [-0.39, 0.29) is 11.8 Å². The molecule has 0 aliphatic rings. The number of carbonyl (C=O) groups is 1. The number of aromatic nitrogens is 4. The third-order valence-corrected chi connectivity index (χ3v) is 3.58. The van der Waals surface area contributed by atoms with Crippen LogP contribution in [0.25, 0.3) is 0 Å². The van der Waals surface area contributed by atoms with Crippen molar-refractivity contribution in [1.82, 2.24) is 25.1 Å². The fraction of sp³-hybridized carbons (Fsp3) is 0.500. The second kappa shape index (κ2) is 6.99. The van der Waals surface area contributed by atoms with Crippen LogP contribution in [-0.4, -0.2) is 32.2 Å². The number of rotatable bonds is 7. The molecule has 8 heteroatoms. The van der Waals surface area contributed by atoms with Gasteiger partial charge in [0.1, 0.15) is 12.7 Å². The third-order valence-electron chi connectivity index (χ3n) is 2.85. The molecule has 1 amide bonds. The van der Waals surface area contributed by atoms with Gasteiger partial charge >= 0.3 is 0 Å². The second-order valence-corrected chi connectivity index (χ2v) is 5.48. The smallest absolute Gasteiger partial charge is 0.224 e. The summed E-state index contributed by atoms with van der Waals surface area (Å²) in [5.41, 5.74) is 6.54. The van der Waals surface area contributed by atoms with Gasteiger partial charge in [0, 0.05) is 11.9 Å².